The van der Waals surface area contributed by atoms with E-state index in [1.165, 1.54) is 11.8 Å². The van der Waals surface area contributed by atoms with Crippen molar-refractivity contribution in [3.63, 3.8) is 0 Å². The van der Waals surface area contributed by atoms with Crippen LogP contribution in [0.15, 0.2) is 34.2 Å². The van der Waals surface area contributed by atoms with Crippen molar-refractivity contribution in [1.82, 2.24) is 14.5 Å². The van der Waals surface area contributed by atoms with Crippen molar-refractivity contribution in [2.24, 2.45) is 0 Å². The lowest BCUT2D eigenvalue weighted by Gasteiger charge is -2.30. The van der Waals surface area contributed by atoms with Gasteiger partial charge in [-0.15, -0.1) is 11.3 Å². The number of ether oxygens (including phenoxy) is 1. The molecular formula is C24H31N3O3S2. The van der Waals surface area contributed by atoms with Crippen molar-refractivity contribution < 1.29 is 9.53 Å². The number of hydrogen-bond acceptors (Lipinski definition) is 6. The second-order valence-corrected chi connectivity index (χ2v) is 10.2. The number of benzene rings is 1. The molecule has 3 rings (SSSR count). The zero-order valence-electron chi connectivity index (χ0n) is 19.8. The van der Waals surface area contributed by atoms with E-state index in [1.807, 2.05) is 63.8 Å². The summed E-state index contributed by atoms with van der Waals surface area (Å²) in [6.45, 7) is 12.1. The average molecular weight is 474 g/mol. The van der Waals surface area contributed by atoms with Crippen molar-refractivity contribution in [1.29, 1.82) is 0 Å². The first-order valence-corrected chi connectivity index (χ1v) is 12.6. The molecule has 0 aliphatic rings. The molecule has 32 heavy (non-hydrogen) atoms. The van der Waals surface area contributed by atoms with E-state index in [9.17, 15) is 9.59 Å². The van der Waals surface area contributed by atoms with Gasteiger partial charge >= 0.3 is 0 Å². The van der Waals surface area contributed by atoms with E-state index in [-0.39, 0.29) is 29.3 Å². The number of carbonyl (C=O) groups excluding carboxylic acids is 1. The van der Waals surface area contributed by atoms with Gasteiger partial charge in [0.15, 0.2) is 5.16 Å². The normalized spacial score (nSPS) is 11.5. The van der Waals surface area contributed by atoms with Crippen LogP contribution >= 0.6 is 23.1 Å². The Hall–Kier alpha value is -2.32. The number of hydrogen-bond donors (Lipinski definition) is 0. The topological polar surface area (TPSA) is 64.4 Å². The second kappa shape index (κ2) is 10.1. The predicted molar refractivity (Wildman–Crippen MR) is 134 cm³/mol. The number of carbonyl (C=O) groups is 1. The number of rotatable bonds is 8. The fourth-order valence-corrected chi connectivity index (χ4v) is 6.03. The third-order valence-electron chi connectivity index (χ3n) is 5.39. The van der Waals surface area contributed by atoms with Crippen molar-refractivity contribution in [2.45, 2.75) is 65.2 Å². The monoisotopic (exact) mass is 473 g/mol. The summed E-state index contributed by atoms with van der Waals surface area (Å²) < 4.78 is 6.98. The average Bonchev–Trinajstić information content (AvgIpc) is 3.07. The molecule has 0 bridgehead atoms. The van der Waals surface area contributed by atoms with Crippen molar-refractivity contribution >= 4 is 39.2 Å². The maximum atomic E-state index is 13.7. The van der Waals surface area contributed by atoms with Gasteiger partial charge in [-0.05, 0) is 58.7 Å². The molecule has 0 aliphatic carbocycles. The fourth-order valence-electron chi connectivity index (χ4n) is 3.99. The first-order chi connectivity index (χ1) is 15.2. The number of thioether (sulfide) groups is 1. The molecule has 3 aromatic rings. The van der Waals surface area contributed by atoms with Crippen molar-refractivity contribution in [3.8, 4) is 11.4 Å². The summed E-state index contributed by atoms with van der Waals surface area (Å²) in [6, 6.07) is 7.57. The van der Waals surface area contributed by atoms with Gasteiger partial charge in [-0.1, -0.05) is 24.8 Å². The number of aryl methyl sites for hydroxylation is 2. The van der Waals surface area contributed by atoms with Gasteiger partial charge in [0.2, 0.25) is 5.91 Å². The zero-order valence-corrected chi connectivity index (χ0v) is 21.4. The van der Waals surface area contributed by atoms with Crippen LogP contribution in [0.5, 0.6) is 5.75 Å². The van der Waals surface area contributed by atoms with E-state index < -0.39 is 0 Å². The lowest BCUT2D eigenvalue weighted by atomic mass is 10.2. The lowest BCUT2D eigenvalue weighted by molar-refractivity contribution is -0.131. The van der Waals surface area contributed by atoms with Crippen LogP contribution in [-0.4, -0.2) is 45.3 Å². The molecule has 0 saturated heterocycles. The zero-order chi connectivity index (χ0) is 23.6. The molecule has 1 aromatic carbocycles. The van der Waals surface area contributed by atoms with Gasteiger partial charge in [-0.25, -0.2) is 4.98 Å². The molecule has 6 nitrogen and oxygen atoms in total. The Bertz CT molecular complexity index is 1170. The molecule has 0 spiro atoms. The van der Waals surface area contributed by atoms with E-state index >= 15 is 0 Å². The highest BCUT2D eigenvalue weighted by Gasteiger charge is 2.23. The molecule has 1 amide bonds. The van der Waals surface area contributed by atoms with Crippen molar-refractivity contribution in [2.75, 3.05) is 12.9 Å². The Balaban J connectivity index is 2.13. The minimum absolute atomic E-state index is 0.0307. The highest BCUT2D eigenvalue weighted by Crippen LogP contribution is 2.31. The Morgan fingerprint density at radius 2 is 1.94 bits per heavy atom. The Kier molecular flexibility index (Phi) is 7.67. The molecule has 0 radical (unpaired) electrons. The second-order valence-electron chi connectivity index (χ2n) is 8.20. The number of fused-ring (bicyclic) bond motifs is 1. The van der Waals surface area contributed by atoms with E-state index in [4.69, 9.17) is 9.72 Å². The summed E-state index contributed by atoms with van der Waals surface area (Å²) in [5, 5.41) is 1.16. The van der Waals surface area contributed by atoms with E-state index in [1.54, 1.807) is 23.0 Å². The Labute approximate surface area is 197 Å². The third kappa shape index (κ3) is 4.71. The number of aromatic nitrogens is 2. The predicted octanol–water partition coefficient (Wildman–Crippen LogP) is 5.06. The van der Waals surface area contributed by atoms with Gasteiger partial charge in [0.1, 0.15) is 10.6 Å². The van der Waals surface area contributed by atoms with Crippen LogP contribution in [0.1, 0.15) is 45.1 Å². The molecule has 0 saturated carbocycles. The van der Waals surface area contributed by atoms with E-state index in [2.05, 4.69) is 6.92 Å². The fraction of sp³-hybridized carbons (Fsp3) is 0.458. The highest BCUT2D eigenvalue weighted by molar-refractivity contribution is 7.99. The first kappa shape index (κ1) is 24.3. The smallest absolute Gasteiger partial charge is 0.267 e. The van der Waals surface area contributed by atoms with Gasteiger partial charge in [-0.2, -0.15) is 0 Å². The van der Waals surface area contributed by atoms with Gasteiger partial charge in [0.05, 0.1) is 23.9 Å². The summed E-state index contributed by atoms with van der Waals surface area (Å²) in [7, 11) is 1.60. The van der Waals surface area contributed by atoms with Crippen LogP contribution in [0, 0.1) is 6.92 Å². The Morgan fingerprint density at radius 1 is 1.25 bits per heavy atom. The summed E-state index contributed by atoms with van der Waals surface area (Å²) in [4.78, 5) is 35.2. The molecule has 0 N–H and O–H groups in total. The van der Waals surface area contributed by atoms with Crippen LogP contribution < -0.4 is 10.3 Å². The SMILES string of the molecule is CCc1sc2nc(SCC(=O)N(C(C)C)C(C)C)n(-c3cccc(OC)c3)c(=O)c2c1C. The minimum atomic E-state index is -0.115. The molecule has 2 aromatic heterocycles. The van der Waals surface area contributed by atoms with Crippen LogP contribution in [0.25, 0.3) is 15.9 Å². The number of nitrogens with zero attached hydrogens (tertiary/aromatic N) is 3. The summed E-state index contributed by atoms with van der Waals surface area (Å²) in [6.07, 6.45) is 0.851. The van der Waals surface area contributed by atoms with Crippen LogP contribution in [0.4, 0.5) is 0 Å². The van der Waals surface area contributed by atoms with E-state index in [0.717, 1.165) is 21.7 Å². The molecule has 0 fully saturated rings. The lowest BCUT2D eigenvalue weighted by Crippen LogP contribution is -2.43. The van der Waals surface area contributed by atoms with Gasteiger partial charge in [-0.3, -0.25) is 14.2 Å². The maximum Gasteiger partial charge on any atom is 0.267 e. The third-order valence-corrected chi connectivity index (χ3v) is 7.64. The maximum absolute atomic E-state index is 13.7. The molecule has 8 heteroatoms. The molecule has 2 heterocycles. The Morgan fingerprint density at radius 3 is 2.53 bits per heavy atom. The largest absolute Gasteiger partial charge is 0.497 e. The number of methoxy groups -OCH3 is 1. The first-order valence-electron chi connectivity index (χ1n) is 10.8. The molecule has 0 aliphatic heterocycles. The molecular weight excluding hydrogens is 442 g/mol. The molecule has 0 unspecified atom stereocenters. The summed E-state index contributed by atoms with van der Waals surface area (Å²) in [5.74, 6) is 0.898. The molecule has 0 atom stereocenters. The number of thiophene rings is 1. The summed E-state index contributed by atoms with van der Waals surface area (Å²) >= 11 is 2.86. The summed E-state index contributed by atoms with van der Waals surface area (Å²) in [5.41, 5.74) is 1.54. The van der Waals surface area contributed by atoms with Crippen LogP contribution in [0.2, 0.25) is 0 Å². The molecule has 172 valence electrons. The number of amides is 1. The highest BCUT2D eigenvalue weighted by atomic mass is 32.2. The quantitative estimate of drug-likeness (QED) is 0.338. The van der Waals surface area contributed by atoms with Gasteiger partial charge in [0.25, 0.3) is 5.56 Å². The van der Waals surface area contributed by atoms with Crippen LogP contribution in [0.3, 0.4) is 0 Å². The van der Waals surface area contributed by atoms with Crippen molar-refractivity contribution in [3.05, 3.63) is 45.1 Å². The van der Waals surface area contributed by atoms with Gasteiger partial charge in [0, 0.05) is 23.0 Å². The minimum Gasteiger partial charge on any atom is -0.497 e. The van der Waals surface area contributed by atoms with Crippen LogP contribution in [-0.2, 0) is 11.2 Å². The standard InChI is InChI=1S/C24H31N3O3S2/c1-8-19-16(6)21-22(32-19)25-24(31-13-20(28)26(14(2)3)15(4)5)27(23(21)29)17-10-9-11-18(12-17)30-7/h9-12,14-15H,8,13H2,1-7H3. The van der Waals surface area contributed by atoms with Gasteiger partial charge < -0.3 is 9.64 Å². The van der Waals surface area contributed by atoms with E-state index in [0.29, 0.717) is 22.0 Å².